The molecule has 4 fully saturated rings. The molecular weight excluding hydrogens is 371 g/mol. The summed E-state index contributed by atoms with van der Waals surface area (Å²) in [4.78, 5) is 30.3. The Morgan fingerprint density at radius 2 is 1.72 bits per heavy atom. The summed E-state index contributed by atoms with van der Waals surface area (Å²) < 4.78 is 14.4. The topological polar surface area (TPSA) is 60.9 Å². The van der Waals surface area contributed by atoms with Crippen LogP contribution in [0.5, 0.6) is 0 Å². The number of nitrogens with zero attached hydrogens (tertiary/aromatic N) is 2. The number of halogens is 1. The van der Waals surface area contributed by atoms with Gasteiger partial charge in [0.05, 0.1) is 11.5 Å². The quantitative estimate of drug-likeness (QED) is 0.845. The first-order valence-corrected chi connectivity index (χ1v) is 11.0. The monoisotopic (exact) mass is 400 g/mol. The maximum atomic E-state index is 14.4. The Hall–Kier alpha value is -1.95. The van der Waals surface area contributed by atoms with Crippen LogP contribution >= 0.6 is 0 Å². The molecule has 1 unspecified atom stereocenters. The fourth-order valence-electron chi connectivity index (χ4n) is 5.84. The van der Waals surface area contributed by atoms with Crippen LogP contribution in [-0.2, 0) is 16.0 Å². The largest absolute Gasteiger partial charge is 0.393 e. The zero-order valence-corrected chi connectivity index (χ0v) is 16.7. The third-order valence-corrected chi connectivity index (χ3v) is 7.64. The molecular formula is C23H29FN2O3. The van der Waals surface area contributed by atoms with Gasteiger partial charge in [-0.05, 0) is 56.6 Å². The molecule has 4 aliphatic rings. The number of rotatable bonds is 4. The van der Waals surface area contributed by atoms with Gasteiger partial charge < -0.3 is 14.9 Å². The fourth-order valence-corrected chi connectivity index (χ4v) is 5.84. The highest BCUT2D eigenvalue weighted by Gasteiger charge is 2.57. The van der Waals surface area contributed by atoms with Gasteiger partial charge in [-0.15, -0.1) is 0 Å². The van der Waals surface area contributed by atoms with Gasteiger partial charge in [-0.3, -0.25) is 9.59 Å². The molecule has 0 spiro atoms. The predicted octanol–water partition coefficient (Wildman–Crippen LogP) is 2.51. The second-order valence-corrected chi connectivity index (χ2v) is 9.59. The van der Waals surface area contributed by atoms with Gasteiger partial charge in [0.2, 0.25) is 11.8 Å². The third kappa shape index (κ3) is 3.16. The van der Waals surface area contributed by atoms with E-state index in [1.807, 2.05) is 9.80 Å². The Balaban J connectivity index is 1.39. The number of carbonyl (C=O) groups is 2. The molecule has 29 heavy (non-hydrogen) atoms. The highest BCUT2D eigenvalue weighted by atomic mass is 19.1. The number of benzene rings is 1. The molecule has 1 aromatic carbocycles. The van der Waals surface area contributed by atoms with Crippen LogP contribution in [0.15, 0.2) is 24.3 Å². The van der Waals surface area contributed by atoms with Gasteiger partial charge in [-0.2, -0.15) is 0 Å². The van der Waals surface area contributed by atoms with Gasteiger partial charge in [0.1, 0.15) is 5.82 Å². The van der Waals surface area contributed by atoms with Crippen LogP contribution in [0.4, 0.5) is 4.39 Å². The number of carbonyl (C=O) groups excluding carboxylic acids is 2. The first-order valence-electron chi connectivity index (χ1n) is 11.0. The molecule has 1 aliphatic carbocycles. The van der Waals surface area contributed by atoms with Crippen molar-refractivity contribution in [1.29, 1.82) is 0 Å². The summed E-state index contributed by atoms with van der Waals surface area (Å²) in [5, 5.41) is 10.1. The molecule has 3 saturated heterocycles. The molecule has 1 saturated carbocycles. The summed E-state index contributed by atoms with van der Waals surface area (Å²) in [6, 6.07) is 6.79. The van der Waals surface area contributed by atoms with Crippen molar-refractivity contribution in [1.82, 2.24) is 9.80 Å². The summed E-state index contributed by atoms with van der Waals surface area (Å²) in [7, 11) is 0. The molecule has 3 aliphatic heterocycles. The molecule has 2 amide bonds. The van der Waals surface area contributed by atoms with Crippen LogP contribution in [0.1, 0.15) is 50.5 Å². The van der Waals surface area contributed by atoms with Crippen molar-refractivity contribution in [3.63, 3.8) is 0 Å². The van der Waals surface area contributed by atoms with E-state index < -0.39 is 5.41 Å². The average Bonchev–Trinajstić information content (AvgIpc) is 2.88. The normalized spacial score (nSPS) is 30.6. The van der Waals surface area contributed by atoms with Crippen molar-refractivity contribution in [2.24, 2.45) is 11.3 Å². The molecule has 5 nitrogen and oxygen atoms in total. The van der Waals surface area contributed by atoms with Crippen molar-refractivity contribution in [2.45, 2.75) is 69.6 Å². The van der Waals surface area contributed by atoms with E-state index in [4.69, 9.17) is 0 Å². The summed E-state index contributed by atoms with van der Waals surface area (Å²) in [5.74, 6) is 0.0291. The average molecular weight is 400 g/mol. The summed E-state index contributed by atoms with van der Waals surface area (Å²) in [6.45, 7) is 0.766. The molecule has 5 rings (SSSR count). The molecule has 0 aromatic heterocycles. The molecule has 3 heterocycles. The van der Waals surface area contributed by atoms with E-state index in [0.717, 1.165) is 32.1 Å². The van der Waals surface area contributed by atoms with Gasteiger partial charge in [-0.25, -0.2) is 4.39 Å². The van der Waals surface area contributed by atoms with E-state index in [1.54, 1.807) is 18.2 Å². The van der Waals surface area contributed by atoms with Crippen molar-refractivity contribution in [2.75, 3.05) is 13.1 Å². The van der Waals surface area contributed by atoms with Crippen molar-refractivity contribution < 1.29 is 19.1 Å². The standard InChI is InChI=1S/C23H29FN2O3/c24-20-7-2-1-4-16(20)12-23(13-25(14-23)21(28)15-5-3-6-15)22(29)26-17-8-9-18(26)11-19(27)10-17/h1-2,4,7,15,17-19,27H,3,5-6,8-14H2/t17-,18+,19?. The minimum atomic E-state index is -0.745. The zero-order chi connectivity index (χ0) is 20.2. The number of aliphatic hydroxyl groups excluding tert-OH is 1. The van der Waals surface area contributed by atoms with E-state index >= 15 is 0 Å². The van der Waals surface area contributed by atoms with Crippen molar-refractivity contribution in [3.8, 4) is 0 Å². The Morgan fingerprint density at radius 3 is 2.31 bits per heavy atom. The first kappa shape index (κ1) is 19.0. The van der Waals surface area contributed by atoms with Crippen LogP contribution in [0, 0.1) is 17.2 Å². The van der Waals surface area contributed by atoms with Crippen molar-refractivity contribution >= 4 is 11.8 Å². The van der Waals surface area contributed by atoms with Crippen LogP contribution < -0.4 is 0 Å². The number of hydrogen-bond donors (Lipinski definition) is 1. The number of aliphatic hydroxyl groups is 1. The van der Waals surface area contributed by atoms with Crippen LogP contribution in [0.25, 0.3) is 0 Å². The summed E-state index contributed by atoms with van der Waals surface area (Å²) >= 11 is 0. The Labute approximate surface area is 170 Å². The van der Waals surface area contributed by atoms with Crippen LogP contribution in [-0.4, -0.2) is 58.0 Å². The number of amides is 2. The second-order valence-electron chi connectivity index (χ2n) is 9.59. The van der Waals surface area contributed by atoms with E-state index in [-0.39, 0.29) is 41.7 Å². The fraction of sp³-hybridized carbons (Fsp3) is 0.652. The lowest BCUT2D eigenvalue weighted by Gasteiger charge is -2.53. The summed E-state index contributed by atoms with van der Waals surface area (Å²) in [5.41, 5.74) is -0.203. The maximum Gasteiger partial charge on any atom is 0.233 e. The first-order chi connectivity index (χ1) is 14.0. The molecule has 0 radical (unpaired) electrons. The molecule has 1 N–H and O–H groups in total. The molecule has 156 valence electrons. The molecule has 2 bridgehead atoms. The van der Waals surface area contributed by atoms with Crippen LogP contribution in [0.2, 0.25) is 0 Å². The number of fused-ring (bicyclic) bond motifs is 2. The Kier molecular flexibility index (Phi) is 4.65. The van der Waals surface area contributed by atoms with E-state index in [0.29, 0.717) is 37.9 Å². The molecule has 3 atom stereocenters. The zero-order valence-electron chi connectivity index (χ0n) is 16.7. The van der Waals surface area contributed by atoms with Gasteiger partial charge in [0.15, 0.2) is 0 Å². The van der Waals surface area contributed by atoms with Gasteiger partial charge in [-0.1, -0.05) is 24.6 Å². The summed E-state index contributed by atoms with van der Waals surface area (Å²) in [6.07, 6.45) is 6.08. The highest BCUT2D eigenvalue weighted by Crippen LogP contribution is 2.44. The van der Waals surface area contributed by atoms with E-state index in [9.17, 15) is 19.1 Å². The lowest BCUT2D eigenvalue weighted by molar-refractivity contribution is -0.168. The minimum absolute atomic E-state index is 0.0535. The lowest BCUT2D eigenvalue weighted by atomic mass is 9.71. The highest BCUT2D eigenvalue weighted by molar-refractivity contribution is 5.89. The van der Waals surface area contributed by atoms with Crippen LogP contribution in [0.3, 0.4) is 0 Å². The van der Waals surface area contributed by atoms with E-state index in [1.165, 1.54) is 6.07 Å². The second kappa shape index (κ2) is 7.08. The Bertz CT molecular complexity index is 804. The van der Waals surface area contributed by atoms with Gasteiger partial charge in [0.25, 0.3) is 0 Å². The molecule has 1 aromatic rings. The van der Waals surface area contributed by atoms with Crippen molar-refractivity contribution in [3.05, 3.63) is 35.6 Å². The number of piperidine rings is 1. The number of likely N-dealkylation sites (tertiary alicyclic amines) is 1. The smallest absolute Gasteiger partial charge is 0.233 e. The maximum absolute atomic E-state index is 14.4. The predicted molar refractivity (Wildman–Crippen MR) is 105 cm³/mol. The van der Waals surface area contributed by atoms with E-state index in [2.05, 4.69) is 0 Å². The van der Waals surface area contributed by atoms with Gasteiger partial charge >= 0.3 is 0 Å². The lowest BCUT2D eigenvalue weighted by Crippen LogP contribution is -2.68. The SMILES string of the molecule is O=C(C1CCC1)N1CC(Cc2ccccc2F)(C(=O)N2[C@@H]3CC[C@H]2CC(O)C3)C1. The Morgan fingerprint density at radius 1 is 1.07 bits per heavy atom. The molecule has 6 heteroatoms. The minimum Gasteiger partial charge on any atom is -0.393 e. The third-order valence-electron chi connectivity index (χ3n) is 7.64. The van der Waals surface area contributed by atoms with Gasteiger partial charge in [0, 0.05) is 31.1 Å². The number of hydrogen-bond acceptors (Lipinski definition) is 3.